The number of hydrogen-bond donors (Lipinski definition) is 2. The number of nitrogens with one attached hydrogen (secondary N) is 1. The Morgan fingerprint density at radius 1 is 1.14 bits per heavy atom. The molecule has 22 heavy (non-hydrogen) atoms. The Hall–Kier alpha value is -2.46. The van der Waals surface area contributed by atoms with E-state index in [0.717, 1.165) is 22.2 Å². The predicted molar refractivity (Wildman–Crippen MR) is 91.5 cm³/mol. The minimum absolute atomic E-state index is 0.379. The van der Waals surface area contributed by atoms with Crippen LogP contribution in [0, 0.1) is 0 Å². The van der Waals surface area contributed by atoms with Crippen LogP contribution < -0.4 is 15.8 Å². The topological polar surface area (TPSA) is 60.2 Å². The van der Waals surface area contributed by atoms with Crippen LogP contribution in [0.15, 0.2) is 48.5 Å². The zero-order chi connectivity index (χ0) is 15.5. The average Bonchev–Trinajstić information content (AvgIpc) is 2.55. The van der Waals surface area contributed by atoms with Crippen molar-refractivity contribution in [3.05, 3.63) is 59.2 Å². The molecule has 2 aromatic carbocycles. The van der Waals surface area contributed by atoms with Gasteiger partial charge in [0.2, 0.25) is 0 Å². The number of halogens is 1. The standard InChI is InChI=1S/C17H16ClN3O/c1-22-12-8-6-11(7-9-12)10-20-16-15(19)13-4-2-3-5-14(13)21-17(16)18/h2-9,20H,10H2,1H3,(H2,19,21). The number of pyridine rings is 1. The molecule has 3 rings (SSSR count). The minimum atomic E-state index is 0.379. The summed E-state index contributed by atoms with van der Waals surface area (Å²) < 4.78 is 5.15. The molecule has 4 nitrogen and oxygen atoms in total. The van der Waals surface area contributed by atoms with Crippen molar-refractivity contribution in [2.24, 2.45) is 0 Å². The lowest BCUT2D eigenvalue weighted by Crippen LogP contribution is -2.05. The van der Waals surface area contributed by atoms with Gasteiger partial charge in [-0.25, -0.2) is 4.98 Å². The fraction of sp³-hybridized carbons (Fsp3) is 0.118. The molecule has 0 aliphatic carbocycles. The van der Waals surface area contributed by atoms with E-state index in [1.54, 1.807) is 7.11 Å². The van der Waals surface area contributed by atoms with E-state index in [-0.39, 0.29) is 0 Å². The highest BCUT2D eigenvalue weighted by Gasteiger charge is 2.11. The highest BCUT2D eigenvalue weighted by atomic mass is 35.5. The van der Waals surface area contributed by atoms with Gasteiger partial charge in [-0.1, -0.05) is 41.9 Å². The number of rotatable bonds is 4. The molecule has 1 heterocycles. The molecule has 0 bridgehead atoms. The van der Waals surface area contributed by atoms with Crippen LogP contribution in [0.2, 0.25) is 5.15 Å². The molecule has 0 atom stereocenters. The number of nitrogen functional groups attached to an aromatic ring is 1. The quantitative estimate of drug-likeness (QED) is 0.712. The molecule has 5 heteroatoms. The van der Waals surface area contributed by atoms with E-state index in [9.17, 15) is 0 Å². The Kier molecular flexibility index (Phi) is 4.02. The fourth-order valence-corrected chi connectivity index (χ4v) is 2.57. The van der Waals surface area contributed by atoms with Gasteiger partial charge in [0, 0.05) is 11.9 Å². The van der Waals surface area contributed by atoms with E-state index < -0.39 is 0 Å². The zero-order valence-electron chi connectivity index (χ0n) is 12.1. The second-order valence-electron chi connectivity index (χ2n) is 4.91. The monoisotopic (exact) mass is 313 g/mol. The van der Waals surface area contributed by atoms with Crippen LogP contribution in [0.25, 0.3) is 10.9 Å². The van der Waals surface area contributed by atoms with Crippen molar-refractivity contribution in [1.29, 1.82) is 0 Å². The summed E-state index contributed by atoms with van der Waals surface area (Å²) in [5, 5.41) is 4.54. The third-order valence-electron chi connectivity index (χ3n) is 3.52. The maximum Gasteiger partial charge on any atom is 0.154 e. The smallest absolute Gasteiger partial charge is 0.154 e. The Morgan fingerprint density at radius 3 is 2.59 bits per heavy atom. The van der Waals surface area contributed by atoms with Crippen LogP contribution in [-0.4, -0.2) is 12.1 Å². The lowest BCUT2D eigenvalue weighted by molar-refractivity contribution is 0.414. The summed E-state index contributed by atoms with van der Waals surface area (Å²) in [7, 11) is 1.65. The summed E-state index contributed by atoms with van der Waals surface area (Å²) in [4.78, 5) is 4.38. The number of para-hydroxylation sites is 1. The normalized spacial score (nSPS) is 10.6. The first kappa shape index (κ1) is 14.5. The number of nitrogens with zero attached hydrogens (tertiary/aromatic N) is 1. The fourth-order valence-electron chi connectivity index (χ4n) is 2.31. The summed E-state index contributed by atoms with van der Waals surface area (Å²) in [5.41, 5.74) is 9.39. The third kappa shape index (κ3) is 2.78. The molecule has 0 spiro atoms. The van der Waals surface area contributed by atoms with Gasteiger partial charge >= 0.3 is 0 Å². The van der Waals surface area contributed by atoms with Crippen molar-refractivity contribution >= 4 is 33.9 Å². The number of benzene rings is 2. The first-order valence-electron chi connectivity index (χ1n) is 6.89. The van der Waals surface area contributed by atoms with E-state index in [1.807, 2.05) is 48.5 Å². The Bertz CT molecular complexity index is 803. The number of aromatic nitrogens is 1. The van der Waals surface area contributed by atoms with Crippen molar-refractivity contribution in [2.45, 2.75) is 6.54 Å². The Labute approximate surface area is 133 Å². The number of ether oxygens (including phenoxy) is 1. The molecule has 3 aromatic rings. The maximum absolute atomic E-state index is 6.25. The van der Waals surface area contributed by atoms with E-state index in [4.69, 9.17) is 22.1 Å². The van der Waals surface area contributed by atoms with Gasteiger partial charge in [0.1, 0.15) is 5.75 Å². The summed E-state index contributed by atoms with van der Waals surface area (Å²) in [6.07, 6.45) is 0. The van der Waals surface area contributed by atoms with Crippen molar-refractivity contribution in [2.75, 3.05) is 18.2 Å². The van der Waals surface area contributed by atoms with Gasteiger partial charge in [0.25, 0.3) is 0 Å². The number of nitrogens with two attached hydrogens (primary N) is 1. The first-order chi connectivity index (χ1) is 10.7. The molecular weight excluding hydrogens is 298 g/mol. The third-order valence-corrected chi connectivity index (χ3v) is 3.79. The summed E-state index contributed by atoms with van der Waals surface area (Å²) in [6.45, 7) is 0.605. The van der Waals surface area contributed by atoms with Crippen molar-refractivity contribution in [3.8, 4) is 5.75 Å². The largest absolute Gasteiger partial charge is 0.497 e. The second kappa shape index (κ2) is 6.12. The number of fused-ring (bicyclic) bond motifs is 1. The predicted octanol–water partition coefficient (Wildman–Crippen LogP) is 4.09. The highest BCUT2D eigenvalue weighted by Crippen LogP contribution is 2.33. The highest BCUT2D eigenvalue weighted by molar-refractivity contribution is 6.33. The van der Waals surface area contributed by atoms with Gasteiger partial charge < -0.3 is 15.8 Å². The number of anilines is 2. The molecule has 1 aromatic heterocycles. The lowest BCUT2D eigenvalue weighted by atomic mass is 10.1. The van der Waals surface area contributed by atoms with Gasteiger partial charge in [-0.05, 0) is 23.8 Å². The van der Waals surface area contributed by atoms with E-state index in [1.165, 1.54) is 0 Å². The summed E-state index contributed by atoms with van der Waals surface area (Å²) in [5.74, 6) is 0.827. The van der Waals surface area contributed by atoms with Gasteiger partial charge in [-0.3, -0.25) is 0 Å². The molecule has 0 amide bonds. The van der Waals surface area contributed by atoms with E-state index in [0.29, 0.717) is 23.1 Å². The number of methoxy groups -OCH3 is 1. The molecule has 0 aliphatic rings. The van der Waals surface area contributed by atoms with Crippen LogP contribution >= 0.6 is 11.6 Å². The molecule has 0 saturated heterocycles. The zero-order valence-corrected chi connectivity index (χ0v) is 12.9. The average molecular weight is 314 g/mol. The van der Waals surface area contributed by atoms with Crippen LogP contribution in [0.5, 0.6) is 5.75 Å². The van der Waals surface area contributed by atoms with Gasteiger partial charge in [-0.2, -0.15) is 0 Å². The van der Waals surface area contributed by atoms with Crippen molar-refractivity contribution < 1.29 is 4.74 Å². The SMILES string of the molecule is COc1ccc(CNc2c(Cl)nc3ccccc3c2N)cc1. The molecule has 0 aliphatic heterocycles. The van der Waals surface area contributed by atoms with Crippen molar-refractivity contribution in [1.82, 2.24) is 4.98 Å². The van der Waals surface area contributed by atoms with Crippen LogP contribution in [-0.2, 0) is 6.54 Å². The first-order valence-corrected chi connectivity index (χ1v) is 7.27. The summed E-state index contributed by atoms with van der Waals surface area (Å²) >= 11 is 6.25. The Morgan fingerprint density at radius 2 is 1.86 bits per heavy atom. The molecular formula is C17H16ClN3O. The maximum atomic E-state index is 6.25. The molecule has 3 N–H and O–H groups in total. The number of hydrogen-bond acceptors (Lipinski definition) is 4. The minimum Gasteiger partial charge on any atom is -0.497 e. The molecule has 112 valence electrons. The van der Waals surface area contributed by atoms with Gasteiger partial charge in [0.15, 0.2) is 5.15 Å². The van der Waals surface area contributed by atoms with Crippen molar-refractivity contribution in [3.63, 3.8) is 0 Å². The van der Waals surface area contributed by atoms with Gasteiger partial charge in [-0.15, -0.1) is 0 Å². The Balaban J connectivity index is 1.86. The molecule has 0 radical (unpaired) electrons. The van der Waals surface area contributed by atoms with E-state index >= 15 is 0 Å². The van der Waals surface area contributed by atoms with Gasteiger partial charge in [0.05, 0.1) is 24.0 Å². The molecule has 0 fully saturated rings. The molecule has 0 unspecified atom stereocenters. The second-order valence-corrected chi connectivity index (χ2v) is 5.27. The van der Waals surface area contributed by atoms with E-state index in [2.05, 4.69) is 10.3 Å². The van der Waals surface area contributed by atoms with Crippen LogP contribution in [0.1, 0.15) is 5.56 Å². The summed E-state index contributed by atoms with van der Waals surface area (Å²) in [6, 6.07) is 15.5. The van der Waals surface area contributed by atoms with Crippen LogP contribution in [0.4, 0.5) is 11.4 Å². The lowest BCUT2D eigenvalue weighted by Gasteiger charge is -2.13. The van der Waals surface area contributed by atoms with Crippen LogP contribution in [0.3, 0.4) is 0 Å². The molecule has 0 saturated carbocycles.